The molecule has 3 nitrogen and oxygen atoms in total. The molecule has 2 atom stereocenters. The SMILES string of the molecule is CCCCCCCCCC(CC)C1CC(=O)[N]C1=O. The topological polar surface area (TPSA) is 48.2 Å². The van der Waals surface area contributed by atoms with Gasteiger partial charge in [-0.15, -0.1) is 0 Å². The summed E-state index contributed by atoms with van der Waals surface area (Å²) in [6, 6.07) is 0. The van der Waals surface area contributed by atoms with Crippen molar-refractivity contribution < 1.29 is 9.59 Å². The molecule has 2 amide bonds. The lowest BCUT2D eigenvalue weighted by molar-refractivity contribution is -0.126. The van der Waals surface area contributed by atoms with Crippen LogP contribution in [0.15, 0.2) is 0 Å². The highest BCUT2D eigenvalue weighted by molar-refractivity contribution is 6.03. The van der Waals surface area contributed by atoms with Crippen molar-refractivity contribution >= 4 is 11.8 Å². The summed E-state index contributed by atoms with van der Waals surface area (Å²) >= 11 is 0. The summed E-state index contributed by atoms with van der Waals surface area (Å²) in [6.45, 7) is 4.35. The molecule has 0 bridgehead atoms. The fourth-order valence-electron chi connectivity index (χ4n) is 2.95. The highest BCUT2D eigenvalue weighted by Gasteiger charge is 2.37. The normalized spacial score (nSPS) is 20.6. The minimum absolute atomic E-state index is 0.113. The maximum Gasteiger partial charge on any atom is 0.252 e. The molecule has 0 aromatic carbocycles. The molecule has 0 aromatic rings. The van der Waals surface area contributed by atoms with Crippen molar-refractivity contribution in [1.82, 2.24) is 5.32 Å². The number of carbonyl (C=O) groups excluding carboxylic acids is 2. The van der Waals surface area contributed by atoms with Gasteiger partial charge in [0.05, 0.1) is 5.92 Å². The monoisotopic (exact) mass is 266 g/mol. The first-order chi connectivity index (χ1) is 9.19. The van der Waals surface area contributed by atoms with E-state index in [2.05, 4.69) is 19.2 Å². The summed E-state index contributed by atoms with van der Waals surface area (Å²) in [6.07, 6.45) is 11.5. The van der Waals surface area contributed by atoms with E-state index in [0.29, 0.717) is 12.3 Å². The molecule has 0 spiro atoms. The molecular weight excluding hydrogens is 238 g/mol. The molecule has 1 aliphatic heterocycles. The van der Waals surface area contributed by atoms with E-state index in [1.54, 1.807) is 0 Å². The summed E-state index contributed by atoms with van der Waals surface area (Å²) in [5.41, 5.74) is 0. The van der Waals surface area contributed by atoms with Crippen LogP contribution in [0.1, 0.15) is 78.1 Å². The van der Waals surface area contributed by atoms with E-state index in [1.165, 1.54) is 44.9 Å². The molecule has 1 rings (SSSR count). The van der Waals surface area contributed by atoms with Crippen LogP contribution in [0.3, 0.4) is 0 Å². The van der Waals surface area contributed by atoms with E-state index < -0.39 is 0 Å². The fraction of sp³-hybridized carbons (Fsp3) is 0.875. The summed E-state index contributed by atoms with van der Waals surface area (Å²) < 4.78 is 0. The Bertz CT molecular complexity index is 288. The van der Waals surface area contributed by atoms with Gasteiger partial charge in [0.25, 0.3) is 5.91 Å². The molecule has 0 N–H and O–H groups in total. The second-order valence-corrected chi connectivity index (χ2v) is 5.73. The van der Waals surface area contributed by atoms with Crippen LogP contribution in [0, 0.1) is 11.8 Å². The maximum atomic E-state index is 11.6. The first kappa shape index (κ1) is 16.2. The molecule has 0 aliphatic carbocycles. The Labute approximate surface area is 117 Å². The predicted octanol–water partition coefficient (Wildman–Crippen LogP) is 3.83. The number of hydrogen-bond acceptors (Lipinski definition) is 2. The van der Waals surface area contributed by atoms with E-state index in [4.69, 9.17) is 0 Å². The van der Waals surface area contributed by atoms with Gasteiger partial charge in [0.15, 0.2) is 0 Å². The first-order valence-electron chi connectivity index (χ1n) is 7.97. The summed E-state index contributed by atoms with van der Waals surface area (Å²) in [5, 5.41) is 3.54. The molecular formula is C16H28NO2. The Morgan fingerprint density at radius 1 is 1.05 bits per heavy atom. The highest BCUT2D eigenvalue weighted by Crippen LogP contribution is 2.29. The second kappa shape index (κ2) is 9.11. The van der Waals surface area contributed by atoms with Gasteiger partial charge >= 0.3 is 0 Å². The lowest BCUT2D eigenvalue weighted by atomic mass is 9.84. The first-order valence-corrected chi connectivity index (χ1v) is 7.97. The quantitative estimate of drug-likeness (QED) is 0.445. The number of nitrogens with zero attached hydrogens (tertiary/aromatic N) is 1. The third kappa shape index (κ3) is 5.75. The predicted molar refractivity (Wildman–Crippen MR) is 76.6 cm³/mol. The number of unbranched alkanes of at least 4 members (excludes halogenated alkanes) is 6. The smallest absolute Gasteiger partial charge is 0.252 e. The van der Waals surface area contributed by atoms with Gasteiger partial charge in [-0.3, -0.25) is 9.59 Å². The summed E-state index contributed by atoms with van der Waals surface area (Å²) in [4.78, 5) is 22.8. The van der Waals surface area contributed by atoms with Gasteiger partial charge in [0.2, 0.25) is 5.91 Å². The van der Waals surface area contributed by atoms with Gasteiger partial charge in [0.1, 0.15) is 0 Å². The van der Waals surface area contributed by atoms with Crippen molar-refractivity contribution in [3.05, 3.63) is 0 Å². The van der Waals surface area contributed by atoms with Crippen LogP contribution in [0.4, 0.5) is 0 Å². The van der Waals surface area contributed by atoms with E-state index in [1.807, 2.05) is 0 Å². The van der Waals surface area contributed by atoms with Gasteiger partial charge in [-0.25, -0.2) is 0 Å². The van der Waals surface area contributed by atoms with Crippen molar-refractivity contribution in [3.8, 4) is 0 Å². The van der Waals surface area contributed by atoms with Gasteiger partial charge in [-0.05, 0) is 12.3 Å². The van der Waals surface area contributed by atoms with Crippen LogP contribution in [-0.4, -0.2) is 11.8 Å². The molecule has 3 heteroatoms. The third-order valence-corrected chi connectivity index (χ3v) is 4.22. The lowest BCUT2D eigenvalue weighted by Crippen LogP contribution is -2.21. The third-order valence-electron chi connectivity index (χ3n) is 4.22. The van der Waals surface area contributed by atoms with Crippen molar-refractivity contribution in [1.29, 1.82) is 0 Å². The number of rotatable bonds is 10. The van der Waals surface area contributed by atoms with Crippen LogP contribution in [-0.2, 0) is 9.59 Å². The zero-order chi connectivity index (χ0) is 14.1. The standard InChI is InChI=1S/C16H28NO2/c1-3-5-6-7-8-9-10-11-13(4-2)14-12-15(18)17-16(14)19/h13-14H,3-12H2,1-2H3. The van der Waals surface area contributed by atoms with Crippen molar-refractivity contribution in [2.45, 2.75) is 78.1 Å². The number of imide groups is 1. The van der Waals surface area contributed by atoms with Crippen molar-refractivity contribution in [2.24, 2.45) is 11.8 Å². The minimum atomic E-state index is -0.215. The van der Waals surface area contributed by atoms with Gasteiger partial charge < -0.3 is 0 Å². The molecule has 19 heavy (non-hydrogen) atoms. The fourth-order valence-corrected chi connectivity index (χ4v) is 2.95. The molecule has 109 valence electrons. The van der Waals surface area contributed by atoms with Crippen LogP contribution in [0.5, 0.6) is 0 Å². The van der Waals surface area contributed by atoms with Crippen molar-refractivity contribution in [3.63, 3.8) is 0 Å². The van der Waals surface area contributed by atoms with Crippen LogP contribution in [0.25, 0.3) is 0 Å². The largest absolute Gasteiger partial charge is 0.272 e. The Morgan fingerprint density at radius 2 is 1.68 bits per heavy atom. The van der Waals surface area contributed by atoms with E-state index in [9.17, 15) is 9.59 Å². The van der Waals surface area contributed by atoms with Gasteiger partial charge in [-0.1, -0.05) is 65.2 Å². The molecule has 1 radical (unpaired) electrons. The number of amides is 2. The van der Waals surface area contributed by atoms with E-state index in [-0.39, 0.29) is 17.7 Å². The van der Waals surface area contributed by atoms with E-state index >= 15 is 0 Å². The summed E-state index contributed by atoms with van der Waals surface area (Å²) in [5.74, 6) is -0.135. The number of hydrogen-bond donors (Lipinski definition) is 0. The molecule has 2 unspecified atom stereocenters. The minimum Gasteiger partial charge on any atom is -0.272 e. The van der Waals surface area contributed by atoms with Crippen molar-refractivity contribution in [2.75, 3.05) is 0 Å². The zero-order valence-corrected chi connectivity index (χ0v) is 12.5. The Kier molecular flexibility index (Phi) is 7.76. The molecule has 0 aromatic heterocycles. The highest BCUT2D eigenvalue weighted by atomic mass is 16.2. The van der Waals surface area contributed by atoms with E-state index in [0.717, 1.165) is 12.8 Å². The molecule has 1 aliphatic rings. The average molecular weight is 266 g/mol. The van der Waals surface area contributed by atoms with Crippen LogP contribution in [0.2, 0.25) is 0 Å². The van der Waals surface area contributed by atoms with Gasteiger partial charge in [-0.2, -0.15) is 5.32 Å². The second-order valence-electron chi connectivity index (χ2n) is 5.73. The Hall–Kier alpha value is -0.860. The molecule has 1 saturated heterocycles. The zero-order valence-electron chi connectivity index (χ0n) is 12.5. The Balaban J connectivity index is 2.15. The summed E-state index contributed by atoms with van der Waals surface area (Å²) in [7, 11) is 0. The maximum absolute atomic E-state index is 11.6. The molecule has 0 saturated carbocycles. The van der Waals surface area contributed by atoms with Crippen LogP contribution >= 0.6 is 0 Å². The Morgan fingerprint density at radius 3 is 2.21 bits per heavy atom. The lowest BCUT2D eigenvalue weighted by Gasteiger charge is -2.18. The van der Waals surface area contributed by atoms with Crippen LogP contribution < -0.4 is 5.32 Å². The van der Waals surface area contributed by atoms with Gasteiger partial charge in [0, 0.05) is 6.42 Å². The average Bonchev–Trinajstić information content (AvgIpc) is 2.72. The molecule has 1 fully saturated rings. The molecule has 1 heterocycles. The number of carbonyl (C=O) groups is 2.